The van der Waals surface area contributed by atoms with E-state index in [9.17, 15) is 38.5 Å². The van der Waals surface area contributed by atoms with Crippen LogP contribution in [0.5, 0.6) is 5.75 Å². The second-order valence-corrected chi connectivity index (χ2v) is 15.0. The molecule has 16 heteroatoms. The number of hydrogen-bond donors (Lipinski definition) is 6. The number of anilines is 1. The van der Waals surface area contributed by atoms with Gasteiger partial charge in [0, 0.05) is 48.8 Å². The number of carbonyl (C=O) groups excluding carboxylic acids is 2. The van der Waals surface area contributed by atoms with Gasteiger partial charge in [-0.15, -0.1) is 22.7 Å². The molecule has 0 aliphatic heterocycles. The molecular weight excluding hydrogens is 743 g/mol. The van der Waals surface area contributed by atoms with Gasteiger partial charge in [0.15, 0.2) is 0 Å². The Morgan fingerprint density at radius 1 is 1.02 bits per heavy atom. The Morgan fingerprint density at radius 3 is 2.39 bits per heavy atom. The van der Waals surface area contributed by atoms with Gasteiger partial charge in [0.1, 0.15) is 30.1 Å². The molecule has 1 fully saturated rings. The molecule has 2 aromatic carbocycles. The van der Waals surface area contributed by atoms with E-state index in [1.165, 1.54) is 46.9 Å². The average molecular weight is 783 g/mol. The first kappa shape index (κ1) is 39.0. The fourth-order valence-corrected chi connectivity index (χ4v) is 8.28. The molecule has 1 aliphatic rings. The number of H-pyrrole nitrogens is 1. The minimum absolute atomic E-state index is 0.00720. The van der Waals surface area contributed by atoms with Gasteiger partial charge in [-0.1, -0.05) is 18.2 Å². The summed E-state index contributed by atoms with van der Waals surface area (Å²) in [6.45, 7) is 0.184. The van der Waals surface area contributed by atoms with Crippen LogP contribution in [0, 0.1) is 11.6 Å². The number of nitrogens with zero attached hydrogens (tertiary/aromatic N) is 1. The third-order valence-corrected chi connectivity index (χ3v) is 11.5. The number of hydrogen-bond acceptors (Lipinski definition) is 12. The number of aliphatic hydroxyl groups excluding tert-OH is 1. The molecule has 1 amide bonds. The summed E-state index contributed by atoms with van der Waals surface area (Å²) in [5, 5.41) is 41.4. The zero-order valence-electron chi connectivity index (χ0n) is 29.2. The quantitative estimate of drug-likeness (QED) is 0.0765. The van der Waals surface area contributed by atoms with Crippen molar-refractivity contribution in [1.82, 2.24) is 15.2 Å². The highest BCUT2D eigenvalue weighted by molar-refractivity contribution is 7.12. The van der Waals surface area contributed by atoms with Gasteiger partial charge in [-0.25, -0.2) is 18.4 Å². The number of nitrogens with one attached hydrogen (secondary N) is 3. The molecule has 6 rings (SSSR count). The van der Waals surface area contributed by atoms with Gasteiger partial charge in [-0.2, -0.15) is 0 Å². The van der Waals surface area contributed by atoms with Crippen molar-refractivity contribution < 1.29 is 43.2 Å². The third-order valence-electron chi connectivity index (χ3n) is 9.56. The highest BCUT2D eigenvalue weighted by atomic mass is 32.1. The summed E-state index contributed by atoms with van der Waals surface area (Å²) in [7, 11) is 1.89. The summed E-state index contributed by atoms with van der Waals surface area (Å²) >= 11 is 2.58. The fourth-order valence-electron chi connectivity index (χ4n) is 6.57. The molecule has 3 heterocycles. The Morgan fingerprint density at radius 2 is 1.72 bits per heavy atom. The minimum atomic E-state index is -1.86. The van der Waals surface area contributed by atoms with E-state index in [2.05, 4.69) is 15.6 Å². The van der Waals surface area contributed by atoms with E-state index in [1.54, 1.807) is 35.0 Å². The number of carbonyl (C=O) groups is 2. The number of aromatic hydroxyl groups is 1. The second kappa shape index (κ2) is 17.2. The molecule has 12 nitrogen and oxygen atoms in total. The number of fused-ring (bicyclic) bond motifs is 1. The van der Waals surface area contributed by atoms with E-state index in [0.29, 0.717) is 40.1 Å². The molecule has 0 saturated heterocycles. The van der Waals surface area contributed by atoms with Crippen molar-refractivity contribution in [1.29, 1.82) is 0 Å². The van der Waals surface area contributed by atoms with Crippen LogP contribution < -0.4 is 16.2 Å². The number of aromatic nitrogens is 1. The van der Waals surface area contributed by atoms with Gasteiger partial charge in [0.2, 0.25) is 11.2 Å². The van der Waals surface area contributed by atoms with Crippen LogP contribution in [-0.4, -0.2) is 76.2 Å². The lowest BCUT2D eigenvalue weighted by Gasteiger charge is -2.35. The highest BCUT2D eigenvalue weighted by Gasteiger charge is 2.45. The average Bonchev–Trinajstić information content (AvgIpc) is 3.90. The monoisotopic (exact) mass is 782 g/mol. The normalized spacial score (nSPS) is 16.7. The van der Waals surface area contributed by atoms with E-state index in [4.69, 9.17) is 9.47 Å². The van der Waals surface area contributed by atoms with E-state index < -0.39 is 46.6 Å². The van der Waals surface area contributed by atoms with Crippen LogP contribution in [0.4, 0.5) is 19.3 Å². The first-order chi connectivity index (χ1) is 25.9. The fraction of sp³-hybridized carbons (Fsp3) is 0.342. The number of likely N-dealkylation sites (N-methyl/N-ethyl adjacent to an activating group) is 1. The number of aromatic amines is 1. The van der Waals surface area contributed by atoms with Crippen LogP contribution in [0.15, 0.2) is 76.2 Å². The number of pyridine rings is 1. The number of halogens is 2. The molecule has 286 valence electrons. The summed E-state index contributed by atoms with van der Waals surface area (Å²) in [4.78, 5) is 43.0. The van der Waals surface area contributed by atoms with Gasteiger partial charge in [-0.05, 0) is 79.4 Å². The molecule has 6 N–H and O–H groups in total. The van der Waals surface area contributed by atoms with Crippen LogP contribution in [-0.2, 0) is 26.4 Å². The van der Waals surface area contributed by atoms with E-state index in [1.807, 2.05) is 11.9 Å². The number of esters is 1. The summed E-state index contributed by atoms with van der Waals surface area (Å²) in [6, 6.07) is 14.5. The third kappa shape index (κ3) is 8.80. The lowest BCUT2D eigenvalue weighted by atomic mass is 9.91. The Kier molecular flexibility index (Phi) is 12.4. The minimum Gasteiger partial charge on any atom is -0.506 e. The maximum absolute atomic E-state index is 14.9. The SMILES string of the molecule is CN(CCOC(=O)Nc1cc(F)c(CNC[C@H](O)c2ccc(O)c3[nH]c(=O)ccc23)cc1F)[C@H]1CC[C@H](OC(=O)C(O)(c2cccs2)c2cccs2)CC1. The largest absolute Gasteiger partial charge is 0.506 e. The van der Waals surface area contributed by atoms with E-state index in [-0.39, 0.29) is 48.7 Å². The number of phenolic OH excluding ortho intramolecular Hbond substituents is 1. The van der Waals surface area contributed by atoms with Gasteiger partial charge in [-0.3, -0.25) is 10.1 Å². The Balaban J connectivity index is 0.924. The van der Waals surface area contributed by atoms with Gasteiger partial charge in [0.05, 0.1) is 27.1 Å². The molecule has 5 aromatic rings. The van der Waals surface area contributed by atoms with Crippen LogP contribution in [0.3, 0.4) is 0 Å². The molecule has 1 aliphatic carbocycles. The molecular formula is C38H40F2N4O8S2. The van der Waals surface area contributed by atoms with Crippen molar-refractivity contribution in [3.63, 3.8) is 0 Å². The van der Waals surface area contributed by atoms with Gasteiger partial charge < -0.3 is 40.0 Å². The molecule has 0 bridgehead atoms. The number of phenols is 1. The van der Waals surface area contributed by atoms with E-state index >= 15 is 0 Å². The number of amides is 1. The second-order valence-electron chi connectivity index (χ2n) is 13.1. The summed E-state index contributed by atoms with van der Waals surface area (Å²) < 4.78 is 40.9. The van der Waals surface area contributed by atoms with Crippen LogP contribution in [0.2, 0.25) is 0 Å². The van der Waals surface area contributed by atoms with Crippen molar-refractivity contribution in [3.05, 3.63) is 114 Å². The van der Waals surface area contributed by atoms with Gasteiger partial charge in [0.25, 0.3) is 0 Å². The number of rotatable bonds is 14. The Bertz CT molecular complexity index is 2090. The van der Waals surface area contributed by atoms with Crippen LogP contribution >= 0.6 is 22.7 Å². The zero-order chi connectivity index (χ0) is 38.4. The maximum atomic E-state index is 14.9. The topological polar surface area (TPSA) is 173 Å². The first-order valence-corrected chi connectivity index (χ1v) is 19.1. The lowest BCUT2D eigenvalue weighted by molar-refractivity contribution is -0.169. The van der Waals surface area contributed by atoms with Crippen molar-refractivity contribution in [2.45, 2.75) is 56.1 Å². The Labute approximate surface area is 317 Å². The van der Waals surface area contributed by atoms with Gasteiger partial charge >= 0.3 is 12.1 Å². The van der Waals surface area contributed by atoms with Crippen molar-refractivity contribution in [3.8, 4) is 5.75 Å². The molecule has 0 spiro atoms. The molecule has 0 unspecified atom stereocenters. The molecule has 54 heavy (non-hydrogen) atoms. The summed E-state index contributed by atoms with van der Waals surface area (Å²) in [6.07, 6.45) is 0.251. The number of benzene rings is 2. The Hall–Kier alpha value is -4.71. The number of ether oxygens (including phenoxy) is 2. The smallest absolute Gasteiger partial charge is 0.411 e. The molecule has 1 saturated carbocycles. The van der Waals surface area contributed by atoms with Crippen molar-refractivity contribution in [2.75, 3.05) is 32.1 Å². The van der Waals surface area contributed by atoms with Crippen molar-refractivity contribution >= 4 is 51.3 Å². The first-order valence-electron chi connectivity index (χ1n) is 17.3. The number of thiophene rings is 2. The summed E-state index contributed by atoms with van der Waals surface area (Å²) in [5.41, 5.74) is -2.10. The molecule has 0 radical (unpaired) electrons. The highest BCUT2D eigenvalue weighted by Crippen LogP contribution is 2.38. The maximum Gasteiger partial charge on any atom is 0.411 e. The van der Waals surface area contributed by atoms with Crippen LogP contribution in [0.25, 0.3) is 10.9 Å². The predicted molar refractivity (Wildman–Crippen MR) is 201 cm³/mol. The summed E-state index contributed by atoms with van der Waals surface area (Å²) in [5.74, 6) is -2.51. The molecule has 1 atom stereocenters. The van der Waals surface area contributed by atoms with Crippen LogP contribution in [0.1, 0.15) is 52.7 Å². The van der Waals surface area contributed by atoms with E-state index in [0.717, 1.165) is 25.0 Å². The van der Waals surface area contributed by atoms with Crippen molar-refractivity contribution in [2.24, 2.45) is 0 Å². The lowest BCUT2D eigenvalue weighted by Crippen LogP contribution is -2.42. The standard InChI is InChI=1S/C38H40F2N4O8S2/c1-44(23-6-8-24(9-7-23)52-36(48)38(50,32-4-2-16-53-32)33-5-3-17-54-33)14-15-51-37(49)42-29-19-27(39)22(18-28(29)40)20-41-21-31(46)25-10-12-30(45)35-26(25)11-13-34(47)43-35/h2-5,10-13,16-19,23-24,31,41,45-46,50H,6-9,14-15,20-21H2,1H3,(H,42,49)(H,43,47)/t23-,24-,31-/m0/s1. The molecule has 3 aromatic heterocycles. The number of aliphatic hydroxyl groups is 2. The zero-order valence-corrected chi connectivity index (χ0v) is 30.9. The predicted octanol–water partition coefficient (Wildman–Crippen LogP) is 5.73.